The third-order valence-corrected chi connectivity index (χ3v) is 3.43. The lowest BCUT2D eigenvalue weighted by Crippen LogP contribution is -2.24. The lowest BCUT2D eigenvalue weighted by Gasteiger charge is -2.21. The van der Waals surface area contributed by atoms with E-state index in [9.17, 15) is 4.79 Å². The Kier molecular flexibility index (Phi) is 5.16. The molecule has 0 aromatic heterocycles. The van der Waals surface area contributed by atoms with Crippen LogP contribution in [0.2, 0.25) is 5.02 Å². The molecule has 122 valence electrons. The van der Waals surface area contributed by atoms with E-state index in [2.05, 4.69) is 5.32 Å². The van der Waals surface area contributed by atoms with Crippen molar-refractivity contribution >= 4 is 23.2 Å². The molecule has 0 fully saturated rings. The van der Waals surface area contributed by atoms with E-state index in [4.69, 9.17) is 22.1 Å². The van der Waals surface area contributed by atoms with Crippen molar-refractivity contribution in [1.29, 1.82) is 0 Å². The molecule has 0 spiro atoms. The van der Waals surface area contributed by atoms with Crippen LogP contribution >= 0.6 is 11.6 Å². The third-order valence-electron chi connectivity index (χ3n) is 3.10. The van der Waals surface area contributed by atoms with Gasteiger partial charge in [-0.2, -0.15) is 0 Å². The van der Waals surface area contributed by atoms with E-state index < -0.39 is 0 Å². The molecule has 2 aromatic carbocycles. The maximum absolute atomic E-state index is 12.2. The largest absolute Gasteiger partial charge is 0.488 e. The van der Waals surface area contributed by atoms with E-state index in [0.717, 1.165) is 11.3 Å². The van der Waals surface area contributed by atoms with Gasteiger partial charge in [0.05, 0.1) is 16.3 Å². The molecule has 4 nitrogen and oxygen atoms in total. The Balaban J connectivity index is 1.98. The Morgan fingerprint density at radius 1 is 1.17 bits per heavy atom. The Morgan fingerprint density at radius 2 is 1.83 bits per heavy atom. The number of amides is 1. The lowest BCUT2D eigenvalue weighted by atomic mass is 10.1. The number of nitrogens with one attached hydrogen (secondary N) is 1. The molecular formula is C18H21ClN2O2. The summed E-state index contributed by atoms with van der Waals surface area (Å²) in [6, 6.07) is 12.6. The summed E-state index contributed by atoms with van der Waals surface area (Å²) in [5.41, 5.74) is 7.23. The monoisotopic (exact) mass is 332 g/mol. The smallest absolute Gasteiger partial charge is 0.253 e. The molecule has 0 radical (unpaired) electrons. The molecule has 0 unspecified atom stereocenters. The average Bonchev–Trinajstić information content (AvgIpc) is 2.47. The highest BCUT2D eigenvalue weighted by Crippen LogP contribution is 2.22. The maximum atomic E-state index is 12.2. The first kappa shape index (κ1) is 17.2. The summed E-state index contributed by atoms with van der Waals surface area (Å²) >= 11 is 5.93. The molecule has 0 aliphatic heterocycles. The normalized spacial score (nSPS) is 11.1. The van der Waals surface area contributed by atoms with Crippen LogP contribution in [0.15, 0.2) is 42.5 Å². The summed E-state index contributed by atoms with van der Waals surface area (Å²) in [6.45, 7) is 6.39. The van der Waals surface area contributed by atoms with Gasteiger partial charge in [0.25, 0.3) is 5.91 Å². The van der Waals surface area contributed by atoms with Crippen molar-refractivity contribution in [2.75, 3.05) is 5.73 Å². The van der Waals surface area contributed by atoms with E-state index in [1.165, 1.54) is 0 Å². The topological polar surface area (TPSA) is 64.3 Å². The van der Waals surface area contributed by atoms with Gasteiger partial charge in [0.2, 0.25) is 0 Å². The number of nitrogens with two attached hydrogens (primary N) is 1. The van der Waals surface area contributed by atoms with Crippen molar-refractivity contribution in [2.45, 2.75) is 32.9 Å². The Labute approximate surface area is 141 Å². The van der Waals surface area contributed by atoms with Crippen LogP contribution in [-0.2, 0) is 6.54 Å². The number of ether oxygens (including phenoxy) is 1. The number of halogens is 1. The van der Waals surface area contributed by atoms with Gasteiger partial charge >= 0.3 is 0 Å². The fraction of sp³-hybridized carbons (Fsp3) is 0.278. The van der Waals surface area contributed by atoms with Gasteiger partial charge in [-0.25, -0.2) is 0 Å². The highest BCUT2D eigenvalue weighted by molar-refractivity contribution is 6.33. The summed E-state index contributed by atoms with van der Waals surface area (Å²) in [5, 5.41) is 3.21. The number of nitrogen functional groups attached to an aromatic ring is 1. The first-order valence-corrected chi connectivity index (χ1v) is 7.74. The highest BCUT2D eigenvalue weighted by Gasteiger charge is 2.13. The van der Waals surface area contributed by atoms with Gasteiger partial charge in [0.1, 0.15) is 11.4 Å². The summed E-state index contributed by atoms with van der Waals surface area (Å²) < 4.78 is 5.76. The van der Waals surface area contributed by atoms with E-state index >= 15 is 0 Å². The number of hydrogen-bond donors (Lipinski definition) is 2. The van der Waals surface area contributed by atoms with Crippen molar-refractivity contribution < 1.29 is 9.53 Å². The van der Waals surface area contributed by atoms with Crippen LogP contribution in [0.4, 0.5) is 5.69 Å². The van der Waals surface area contributed by atoms with Crippen LogP contribution in [0.5, 0.6) is 5.75 Å². The Morgan fingerprint density at radius 3 is 2.43 bits per heavy atom. The fourth-order valence-electron chi connectivity index (χ4n) is 2.04. The highest BCUT2D eigenvalue weighted by atomic mass is 35.5. The Hall–Kier alpha value is -2.20. The number of rotatable bonds is 4. The van der Waals surface area contributed by atoms with Gasteiger partial charge in [0.15, 0.2) is 0 Å². The molecule has 0 saturated carbocycles. The molecule has 23 heavy (non-hydrogen) atoms. The molecule has 0 aliphatic carbocycles. The fourth-order valence-corrected chi connectivity index (χ4v) is 2.22. The molecule has 0 aliphatic rings. The average molecular weight is 333 g/mol. The van der Waals surface area contributed by atoms with Crippen LogP contribution in [0, 0.1) is 0 Å². The Bertz CT molecular complexity index is 691. The summed E-state index contributed by atoms with van der Waals surface area (Å²) in [5.74, 6) is 0.548. The van der Waals surface area contributed by atoms with E-state index in [0.29, 0.717) is 22.8 Å². The van der Waals surface area contributed by atoms with Crippen LogP contribution in [0.25, 0.3) is 0 Å². The number of hydrogen-bond acceptors (Lipinski definition) is 3. The number of carbonyl (C=O) groups is 1. The predicted octanol–water partition coefficient (Wildman–Crippen LogP) is 4.03. The molecule has 2 aromatic rings. The molecule has 5 heteroatoms. The van der Waals surface area contributed by atoms with Crippen LogP contribution < -0.4 is 15.8 Å². The molecule has 0 heterocycles. The summed E-state index contributed by atoms with van der Waals surface area (Å²) in [6.07, 6.45) is 0. The van der Waals surface area contributed by atoms with Crippen LogP contribution in [0.3, 0.4) is 0 Å². The minimum Gasteiger partial charge on any atom is -0.488 e. The van der Waals surface area contributed by atoms with Crippen molar-refractivity contribution in [3.05, 3.63) is 58.6 Å². The van der Waals surface area contributed by atoms with Gasteiger partial charge in [-0.15, -0.1) is 0 Å². The number of carbonyl (C=O) groups excluding carboxylic acids is 1. The standard InChI is InChI=1S/C18H21ClN2O2/c1-18(2,3)23-13-9-7-12(8-10-13)11-21-17(22)14-5-4-6-15(19)16(14)20/h4-10H,11,20H2,1-3H3,(H,21,22). The van der Waals surface area contributed by atoms with E-state index in [-0.39, 0.29) is 11.5 Å². The van der Waals surface area contributed by atoms with Gasteiger partial charge in [-0.05, 0) is 50.6 Å². The van der Waals surface area contributed by atoms with Gasteiger partial charge in [0, 0.05) is 6.54 Å². The second-order valence-electron chi connectivity index (χ2n) is 6.24. The zero-order valence-corrected chi connectivity index (χ0v) is 14.3. The van der Waals surface area contributed by atoms with Crippen LogP contribution in [-0.4, -0.2) is 11.5 Å². The molecule has 0 bridgehead atoms. The van der Waals surface area contributed by atoms with Crippen molar-refractivity contribution in [3.63, 3.8) is 0 Å². The van der Waals surface area contributed by atoms with Gasteiger partial charge < -0.3 is 15.8 Å². The van der Waals surface area contributed by atoms with Crippen molar-refractivity contribution in [2.24, 2.45) is 0 Å². The molecule has 1 amide bonds. The third kappa shape index (κ3) is 4.89. The zero-order chi connectivity index (χ0) is 17.0. The minimum atomic E-state index is -0.250. The molecule has 3 N–H and O–H groups in total. The lowest BCUT2D eigenvalue weighted by molar-refractivity contribution is 0.0952. The van der Waals surface area contributed by atoms with Gasteiger partial charge in [-0.1, -0.05) is 29.8 Å². The number of benzene rings is 2. The second-order valence-corrected chi connectivity index (χ2v) is 6.65. The van der Waals surface area contributed by atoms with Crippen molar-refractivity contribution in [3.8, 4) is 5.75 Å². The molecule has 0 atom stereocenters. The summed E-state index contributed by atoms with van der Waals surface area (Å²) in [4.78, 5) is 12.2. The number of anilines is 1. The van der Waals surface area contributed by atoms with Crippen LogP contribution in [0.1, 0.15) is 36.7 Å². The molecular weight excluding hydrogens is 312 g/mol. The SMILES string of the molecule is CC(C)(C)Oc1ccc(CNC(=O)c2cccc(Cl)c2N)cc1. The summed E-state index contributed by atoms with van der Waals surface area (Å²) in [7, 11) is 0. The van der Waals surface area contributed by atoms with E-state index in [1.807, 2.05) is 45.0 Å². The van der Waals surface area contributed by atoms with E-state index in [1.54, 1.807) is 18.2 Å². The van der Waals surface area contributed by atoms with Crippen molar-refractivity contribution in [1.82, 2.24) is 5.32 Å². The predicted molar refractivity (Wildman–Crippen MR) is 93.9 cm³/mol. The first-order valence-electron chi connectivity index (χ1n) is 7.36. The second kappa shape index (κ2) is 6.92. The quantitative estimate of drug-likeness (QED) is 0.831. The zero-order valence-electron chi connectivity index (χ0n) is 13.5. The molecule has 0 saturated heterocycles. The maximum Gasteiger partial charge on any atom is 0.253 e. The molecule has 2 rings (SSSR count). The van der Waals surface area contributed by atoms with Gasteiger partial charge in [-0.3, -0.25) is 4.79 Å². The minimum absolute atomic E-state index is 0.236. The number of para-hydroxylation sites is 1. The first-order chi connectivity index (χ1) is 10.8.